The van der Waals surface area contributed by atoms with Crippen LogP contribution in [0.5, 0.6) is 0 Å². The van der Waals surface area contributed by atoms with Crippen molar-refractivity contribution in [2.75, 3.05) is 24.0 Å². The second-order valence-corrected chi connectivity index (χ2v) is 9.54. The Labute approximate surface area is 180 Å². The SMILES string of the molecule is Cc1ccc(S(=O)(=O)N(CC(=O)NC[C@@H]2CCCO2)c2ccc(Cl)c(Cl)c2)cc1. The lowest BCUT2D eigenvalue weighted by Gasteiger charge is -2.25. The minimum absolute atomic E-state index is 0.0360. The lowest BCUT2D eigenvalue weighted by Crippen LogP contribution is -2.42. The molecule has 0 saturated carbocycles. The highest BCUT2D eigenvalue weighted by molar-refractivity contribution is 7.92. The standard InChI is InChI=1S/C20H22Cl2N2O4S/c1-14-4-7-17(8-5-14)29(26,27)24(15-6-9-18(21)19(22)11-15)13-20(25)23-12-16-3-2-10-28-16/h4-9,11,16H,2-3,10,12-13H2,1H3,(H,23,25)/t16-/m0/s1. The molecule has 0 spiro atoms. The summed E-state index contributed by atoms with van der Waals surface area (Å²) in [6, 6.07) is 10.9. The van der Waals surface area contributed by atoms with Crippen LogP contribution in [0.15, 0.2) is 47.4 Å². The van der Waals surface area contributed by atoms with E-state index in [0.29, 0.717) is 18.2 Å². The second-order valence-electron chi connectivity index (χ2n) is 6.86. The summed E-state index contributed by atoms with van der Waals surface area (Å²) in [5, 5.41) is 3.25. The molecule has 0 bridgehead atoms. The number of benzene rings is 2. The summed E-state index contributed by atoms with van der Waals surface area (Å²) >= 11 is 12.1. The first-order chi connectivity index (χ1) is 13.8. The van der Waals surface area contributed by atoms with Crippen LogP contribution in [0.1, 0.15) is 18.4 Å². The van der Waals surface area contributed by atoms with E-state index in [1.807, 2.05) is 6.92 Å². The zero-order valence-corrected chi connectivity index (χ0v) is 18.2. The maximum atomic E-state index is 13.3. The Hall–Kier alpha value is -1.80. The summed E-state index contributed by atoms with van der Waals surface area (Å²) in [5.74, 6) is -0.428. The van der Waals surface area contributed by atoms with Crippen LogP contribution in [0, 0.1) is 6.92 Å². The average molecular weight is 457 g/mol. The molecule has 9 heteroatoms. The number of ether oxygens (including phenoxy) is 1. The molecule has 1 fully saturated rings. The maximum Gasteiger partial charge on any atom is 0.264 e. The van der Waals surface area contributed by atoms with Crippen molar-refractivity contribution in [1.82, 2.24) is 5.32 Å². The predicted molar refractivity (Wildman–Crippen MR) is 114 cm³/mol. The third kappa shape index (κ3) is 5.42. The van der Waals surface area contributed by atoms with E-state index in [9.17, 15) is 13.2 Å². The largest absolute Gasteiger partial charge is 0.376 e. The third-order valence-corrected chi connectivity index (χ3v) is 7.17. The number of carbonyl (C=O) groups is 1. The van der Waals surface area contributed by atoms with Crippen LogP contribution in [0.4, 0.5) is 5.69 Å². The van der Waals surface area contributed by atoms with Gasteiger partial charge in [0.05, 0.1) is 26.7 Å². The normalized spacial score (nSPS) is 16.6. The van der Waals surface area contributed by atoms with Gasteiger partial charge in [-0.2, -0.15) is 0 Å². The van der Waals surface area contributed by atoms with Gasteiger partial charge in [0.25, 0.3) is 10.0 Å². The van der Waals surface area contributed by atoms with E-state index in [4.69, 9.17) is 27.9 Å². The molecular weight excluding hydrogens is 435 g/mol. The van der Waals surface area contributed by atoms with Gasteiger partial charge in [-0.25, -0.2) is 8.42 Å². The molecule has 6 nitrogen and oxygen atoms in total. The molecule has 1 atom stereocenters. The van der Waals surface area contributed by atoms with Crippen molar-refractivity contribution in [2.45, 2.75) is 30.8 Å². The Balaban J connectivity index is 1.87. The molecule has 1 aliphatic rings. The van der Waals surface area contributed by atoms with E-state index in [2.05, 4.69) is 5.32 Å². The van der Waals surface area contributed by atoms with Crippen molar-refractivity contribution in [3.8, 4) is 0 Å². The lowest BCUT2D eigenvalue weighted by atomic mass is 10.2. The molecule has 0 radical (unpaired) electrons. The fourth-order valence-electron chi connectivity index (χ4n) is 3.01. The van der Waals surface area contributed by atoms with Crippen molar-refractivity contribution >= 4 is 44.8 Å². The topological polar surface area (TPSA) is 75.7 Å². The molecule has 1 saturated heterocycles. The first-order valence-corrected chi connectivity index (χ1v) is 11.4. The number of sulfonamides is 1. The molecule has 1 amide bonds. The minimum Gasteiger partial charge on any atom is -0.376 e. The van der Waals surface area contributed by atoms with E-state index < -0.39 is 15.9 Å². The minimum atomic E-state index is -3.99. The number of hydrogen-bond acceptors (Lipinski definition) is 4. The predicted octanol–water partition coefficient (Wildman–Crippen LogP) is 3.79. The molecule has 3 rings (SSSR count). The van der Waals surface area contributed by atoms with E-state index in [-0.39, 0.29) is 28.3 Å². The molecule has 2 aromatic carbocycles. The number of rotatable bonds is 7. The summed E-state index contributed by atoms with van der Waals surface area (Å²) < 4.78 is 33.1. The molecule has 156 valence electrons. The van der Waals surface area contributed by atoms with Crippen LogP contribution >= 0.6 is 23.2 Å². The van der Waals surface area contributed by atoms with E-state index in [1.165, 1.54) is 30.3 Å². The fraction of sp³-hybridized carbons (Fsp3) is 0.350. The van der Waals surface area contributed by atoms with Gasteiger partial charge in [-0.1, -0.05) is 40.9 Å². The molecule has 0 unspecified atom stereocenters. The van der Waals surface area contributed by atoms with Crippen LogP contribution in [0.25, 0.3) is 0 Å². The molecule has 0 aliphatic carbocycles. The lowest BCUT2D eigenvalue weighted by molar-refractivity contribution is -0.120. The fourth-order valence-corrected chi connectivity index (χ4v) is 4.72. The van der Waals surface area contributed by atoms with Crippen LogP contribution in [-0.2, 0) is 19.6 Å². The molecular formula is C20H22Cl2N2O4S. The van der Waals surface area contributed by atoms with Gasteiger partial charge in [0.15, 0.2) is 0 Å². The van der Waals surface area contributed by atoms with Crippen LogP contribution in [0.3, 0.4) is 0 Å². The van der Waals surface area contributed by atoms with Gasteiger partial charge in [-0.15, -0.1) is 0 Å². The van der Waals surface area contributed by atoms with Gasteiger partial charge in [-0.05, 0) is 50.1 Å². The van der Waals surface area contributed by atoms with Gasteiger partial charge < -0.3 is 10.1 Å². The zero-order chi connectivity index (χ0) is 21.0. The number of nitrogens with zero attached hydrogens (tertiary/aromatic N) is 1. The molecule has 1 aliphatic heterocycles. The smallest absolute Gasteiger partial charge is 0.264 e. The van der Waals surface area contributed by atoms with E-state index >= 15 is 0 Å². The van der Waals surface area contributed by atoms with Gasteiger partial charge in [0.2, 0.25) is 5.91 Å². The molecule has 29 heavy (non-hydrogen) atoms. The van der Waals surface area contributed by atoms with Gasteiger partial charge in [-0.3, -0.25) is 9.10 Å². The summed E-state index contributed by atoms with van der Waals surface area (Å²) in [6.45, 7) is 2.50. The summed E-state index contributed by atoms with van der Waals surface area (Å²) in [6.07, 6.45) is 1.79. The number of nitrogens with one attached hydrogen (secondary N) is 1. The Morgan fingerprint density at radius 1 is 1.17 bits per heavy atom. The van der Waals surface area contributed by atoms with Crippen molar-refractivity contribution in [3.63, 3.8) is 0 Å². The Morgan fingerprint density at radius 3 is 2.52 bits per heavy atom. The number of anilines is 1. The number of halogens is 2. The number of hydrogen-bond donors (Lipinski definition) is 1. The van der Waals surface area contributed by atoms with Gasteiger partial charge in [0, 0.05) is 13.2 Å². The highest BCUT2D eigenvalue weighted by Gasteiger charge is 2.28. The van der Waals surface area contributed by atoms with Crippen LogP contribution < -0.4 is 9.62 Å². The molecule has 0 aromatic heterocycles. The first kappa shape index (κ1) is 21.9. The average Bonchev–Trinajstić information content (AvgIpc) is 3.21. The Bertz CT molecular complexity index is 974. The zero-order valence-electron chi connectivity index (χ0n) is 15.9. The number of aryl methyl sites for hydroxylation is 1. The molecule has 1 N–H and O–H groups in total. The van der Waals surface area contributed by atoms with Crippen molar-refractivity contribution in [3.05, 3.63) is 58.1 Å². The van der Waals surface area contributed by atoms with E-state index in [0.717, 1.165) is 22.7 Å². The first-order valence-electron chi connectivity index (χ1n) is 9.20. The maximum absolute atomic E-state index is 13.3. The highest BCUT2D eigenvalue weighted by Crippen LogP contribution is 2.30. The highest BCUT2D eigenvalue weighted by atomic mass is 35.5. The number of carbonyl (C=O) groups excluding carboxylic acids is 1. The number of amides is 1. The van der Waals surface area contributed by atoms with Crippen molar-refractivity contribution in [2.24, 2.45) is 0 Å². The summed E-state index contributed by atoms with van der Waals surface area (Å²) in [5.41, 5.74) is 1.19. The molecule has 2 aromatic rings. The van der Waals surface area contributed by atoms with Crippen molar-refractivity contribution in [1.29, 1.82) is 0 Å². The van der Waals surface area contributed by atoms with Crippen LogP contribution in [0.2, 0.25) is 10.0 Å². The quantitative estimate of drug-likeness (QED) is 0.687. The van der Waals surface area contributed by atoms with Gasteiger partial charge in [0.1, 0.15) is 6.54 Å². The second kappa shape index (κ2) is 9.34. The van der Waals surface area contributed by atoms with E-state index in [1.54, 1.807) is 12.1 Å². The summed E-state index contributed by atoms with van der Waals surface area (Å²) in [7, 11) is -3.99. The van der Waals surface area contributed by atoms with Crippen LogP contribution in [-0.4, -0.2) is 40.1 Å². The van der Waals surface area contributed by atoms with Gasteiger partial charge >= 0.3 is 0 Å². The Kier molecular flexibility index (Phi) is 7.05. The monoisotopic (exact) mass is 456 g/mol. The Morgan fingerprint density at radius 2 is 1.90 bits per heavy atom. The van der Waals surface area contributed by atoms with Crippen molar-refractivity contribution < 1.29 is 17.9 Å². The summed E-state index contributed by atoms with van der Waals surface area (Å²) in [4.78, 5) is 12.6. The molecule has 1 heterocycles. The third-order valence-electron chi connectivity index (χ3n) is 4.64.